The summed E-state index contributed by atoms with van der Waals surface area (Å²) in [4.78, 5) is 12.8. The minimum atomic E-state index is -0.486. The Hall–Kier alpha value is -2.47. The number of hydrazone groups is 1. The lowest BCUT2D eigenvalue weighted by molar-refractivity contribution is -0.134. The number of carbonyl (C=O) groups excluding carboxylic acids is 1. The van der Waals surface area contributed by atoms with E-state index in [0.717, 1.165) is 16.1 Å². The second-order valence-electron chi connectivity index (χ2n) is 4.76. The van der Waals surface area contributed by atoms with E-state index in [1.165, 1.54) is 11.8 Å². The highest BCUT2D eigenvalue weighted by atomic mass is 32.2. The largest absolute Gasteiger partial charge is 0.461 e. The number of ether oxygens (including phenoxy) is 1. The number of rotatable bonds is 4. The summed E-state index contributed by atoms with van der Waals surface area (Å²) in [6.07, 6.45) is 0. The van der Waals surface area contributed by atoms with Gasteiger partial charge in [0.2, 0.25) is 5.04 Å². The summed E-state index contributed by atoms with van der Waals surface area (Å²) in [5.41, 5.74) is 11.3. The maximum Gasteiger partial charge on any atom is 0.365 e. The summed E-state index contributed by atoms with van der Waals surface area (Å²) >= 11 is 1.17. The molecule has 23 heavy (non-hydrogen) atoms. The lowest BCUT2D eigenvalue weighted by Crippen LogP contribution is -2.16. The zero-order valence-electron chi connectivity index (χ0n) is 13.1. The Morgan fingerprint density at radius 3 is 2.57 bits per heavy atom. The molecular formula is C17H19N3O2S. The van der Waals surface area contributed by atoms with Gasteiger partial charge < -0.3 is 10.5 Å². The number of nitrogen functional groups attached to an aromatic ring is 1. The lowest BCUT2D eigenvalue weighted by Gasteiger charge is -2.08. The molecule has 0 bridgehead atoms. The highest BCUT2D eigenvalue weighted by Crippen LogP contribution is 2.26. The summed E-state index contributed by atoms with van der Waals surface area (Å²) in [7, 11) is 0. The molecule has 2 aromatic rings. The zero-order valence-corrected chi connectivity index (χ0v) is 13.9. The van der Waals surface area contributed by atoms with Crippen LogP contribution in [-0.2, 0) is 9.53 Å². The smallest absolute Gasteiger partial charge is 0.365 e. The van der Waals surface area contributed by atoms with Crippen LogP contribution in [0.3, 0.4) is 0 Å². The van der Waals surface area contributed by atoms with E-state index in [2.05, 4.69) is 10.5 Å². The molecule has 5 nitrogen and oxygen atoms in total. The second-order valence-corrected chi connectivity index (χ2v) is 5.79. The third-order valence-electron chi connectivity index (χ3n) is 2.91. The van der Waals surface area contributed by atoms with Crippen molar-refractivity contribution in [3.8, 4) is 0 Å². The van der Waals surface area contributed by atoms with Gasteiger partial charge >= 0.3 is 5.97 Å². The van der Waals surface area contributed by atoms with Crippen molar-refractivity contribution in [1.82, 2.24) is 0 Å². The number of nitrogens with zero attached hydrogens (tertiary/aromatic N) is 1. The first-order chi connectivity index (χ1) is 11.1. The van der Waals surface area contributed by atoms with E-state index in [9.17, 15) is 4.79 Å². The highest BCUT2D eigenvalue weighted by molar-refractivity contribution is 8.15. The molecule has 0 saturated heterocycles. The molecule has 0 aliphatic carbocycles. The van der Waals surface area contributed by atoms with Gasteiger partial charge in [0.25, 0.3) is 0 Å². The predicted molar refractivity (Wildman–Crippen MR) is 95.6 cm³/mol. The molecule has 120 valence electrons. The molecule has 3 N–H and O–H groups in total. The Morgan fingerprint density at radius 1 is 1.22 bits per heavy atom. The van der Waals surface area contributed by atoms with Crippen LogP contribution in [0.5, 0.6) is 0 Å². The number of para-hydroxylation sites is 1. The maximum atomic E-state index is 12.1. The average Bonchev–Trinajstić information content (AvgIpc) is 2.55. The van der Waals surface area contributed by atoms with E-state index in [4.69, 9.17) is 10.5 Å². The van der Waals surface area contributed by atoms with Crippen LogP contribution >= 0.6 is 11.8 Å². The topological polar surface area (TPSA) is 76.7 Å². The van der Waals surface area contributed by atoms with Gasteiger partial charge in [-0.25, -0.2) is 4.79 Å². The average molecular weight is 329 g/mol. The third kappa shape index (κ3) is 5.03. The van der Waals surface area contributed by atoms with Gasteiger partial charge in [0, 0.05) is 10.6 Å². The first-order valence-corrected chi connectivity index (χ1v) is 8.01. The number of carbonyl (C=O) groups is 1. The van der Waals surface area contributed by atoms with Crippen LogP contribution in [0.4, 0.5) is 11.4 Å². The summed E-state index contributed by atoms with van der Waals surface area (Å²) in [5, 5.41) is 4.38. The quantitative estimate of drug-likeness (QED) is 0.224. The number of anilines is 2. The Morgan fingerprint density at radius 2 is 1.91 bits per heavy atom. The monoisotopic (exact) mass is 329 g/mol. The molecule has 0 aliphatic heterocycles. The number of hydrogen-bond donors (Lipinski definition) is 2. The normalized spacial score (nSPS) is 11.1. The van der Waals surface area contributed by atoms with Crippen molar-refractivity contribution in [3.05, 3.63) is 54.1 Å². The molecule has 2 aromatic carbocycles. The van der Waals surface area contributed by atoms with Gasteiger partial charge in [-0.2, -0.15) is 5.10 Å². The van der Waals surface area contributed by atoms with Crippen LogP contribution in [-0.4, -0.2) is 17.6 Å². The number of esters is 1. The van der Waals surface area contributed by atoms with Gasteiger partial charge in [-0.15, -0.1) is 0 Å². The molecule has 6 heteroatoms. The van der Waals surface area contributed by atoms with Crippen molar-refractivity contribution in [3.63, 3.8) is 0 Å². The number of hydrogen-bond acceptors (Lipinski definition) is 6. The van der Waals surface area contributed by atoms with Crippen LogP contribution < -0.4 is 11.2 Å². The molecule has 0 unspecified atom stereocenters. The van der Waals surface area contributed by atoms with Gasteiger partial charge in [-0.05, 0) is 38.1 Å². The first-order valence-electron chi connectivity index (χ1n) is 7.20. The van der Waals surface area contributed by atoms with Gasteiger partial charge in [0.05, 0.1) is 12.3 Å². The van der Waals surface area contributed by atoms with Crippen molar-refractivity contribution in [2.45, 2.75) is 18.7 Å². The van der Waals surface area contributed by atoms with E-state index in [1.807, 2.05) is 49.4 Å². The molecular weight excluding hydrogens is 310 g/mol. The lowest BCUT2D eigenvalue weighted by atomic mass is 10.2. The molecule has 2 rings (SSSR count). The van der Waals surface area contributed by atoms with Gasteiger partial charge in [0.1, 0.15) is 0 Å². The summed E-state index contributed by atoms with van der Waals surface area (Å²) < 4.78 is 5.05. The van der Waals surface area contributed by atoms with E-state index < -0.39 is 5.97 Å². The van der Waals surface area contributed by atoms with Gasteiger partial charge in [0.15, 0.2) is 0 Å². The molecule has 0 fully saturated rings. The highest BCUT2D eigenvalue weighted by Gasteiger charge is 2.16. The number of thioether (sulfide) groups is 1. The van der Waals surface area contributed by atoms with Crippen LogP contribution in [0.25, 0.3) is 0 Å². The number of nitrogens with one attached hydrogen (secondary N) is 1. The molecule has 0 radical (unpaired) electrons. The number of aryl methyl sites for hydroxylation is 1. The predicted octanol–water partition coefficient (Wildman–Crippen LogP) is 3.66. The zero-order chi connectivity index (χ0) is 16.7. The Balaban J connectivity index is 2.19. The fourth-order valence-electron chi connectivity index (χ4n) is 1.72. The summed E-state index contributed by atoms with van der Waals surface area (Å²) in [6, 6.07) is 15.0. The maximum absolute atomic E-state index is 12.1. The number of benzene rings is 2. The molecule has 0 aromatic heterocycles. The van der Waals surface area contributed by atoms with Crippen molar-refractivity contribution < 1.29 is 9.53 Å². The fraction of sp³-hybridized carbons (Fsp3) is 0.176. The van der Waals surface area contributed by atoms with E-state index in [-0.39, 0.29) is 11.7 Å². The van der Waals surface area contributed by atoms with Gasteiger partial charge in [-0.3, -0.25) is 5.43 Å². The van der Waals surface area contributed by atoms with Crippen LogP contribution in [0.2, 0.25) is 0 Å². The van der Waals surface area contributed by atoms with Crippen molar-refractivity contribution in [1.29, 1.82) is 0 Å². The molecule has 0 atom stereocenters. The number of nitrogens with two attached hydrogens (primary N) is 1. The van der Waals surface area contributed by atoms with E-state index in [1.54, 1.807) is 13.0 Å². The summed E-state index contributed by atoms with van der Waals surface area (Å²) in [5.74, 6) is -0.486. The van der Waals surface area contributed by atoms with Crippen molar-refractivity contribution in [2.24, 2.45) is 5.10 Å². The summed E-state index contributed by atoms with van der Waals surface area (Å²) in [6.45, 7) is 4.04. The van der Waals surface area contributed by atoms with Crippen LogP contribution in [0.1, 0.15) is 12.5 Å². The van der Waals surface area contributed by atoms with Crippen molar-refractivity contribution in [2.75, 3.05) is 17.8 Å². The molecule has 0 saturated carbocycles. The van der Waals surface area contributed by atoms with Crippen molar-refractivity contribution >= 4 is 34.1 Å². The van der Waals surface area contributed by atoms with E-state index in [0.29, 0.717) is 5.69 Å². The standard InChI is InChI=1S/C17H19N3O2S/c1-3-22-17(21)16(23-15-7-5-4-6-14(15)18)20-19-13-10-8-12(2)9-11-13/h4-11,19H,3,18H2,1-2H3/b20-16-. The third-order valence-corrected chi connectivity index (χ3v) is 3.96. The fourth-order valence-corrected chi connectivity index (χ4v) is 2.50. The van der Waals surface area contributed by atoms with Crippen LogP contribution in [0.15, 0.2) is 58.5 Å². The minimum absolute atomic E-state index is 0.199. The molecule has 0 aliphatic rings. The minimum Gasteiger partial charge on any atom is -0.461 e. The Kier molecular flexibility index (Phi) is 6.05. The first kappa shape index (κ1) is 16.9. The Bertz CT molecular complexity index is 699. The molecule has 0 spiro atoms. The van der Waals surface area contributed by atoms with Crippen LogP contribution in [0, 0.1) is 6.92 Å². The molecule has 0 heterocycles. The SMILES string of the molecule is CCOC(=O)/C(=N/Nc1ccc(C)cc1)Sc1ccccc1N. The Labute approximate surface area is 139 Å². The second kappa shape index (κ2) is 8.24. The molecule has 0 amide bonds. The van der Waals surface area contributed by atoms with E-state index >= 15 is 0 Å². The van der Waals surface area contributed by atoms with Gasteiger partial charge in [-0.1, -0.05) is 41.6 Å².